The van der Waals surface area contributed by atoms with Gasteiger partial charge in [0.25, 0.3) is 10.0 Å². The van der Waals surface area contributed by atoms with E-state index in [-0.39, 0.29) is 10.9 Å². The van der Waals surface area contributed by atoms with Crippen LogP contribution in [-0.4, -0.2) is 55.9 Å². The summed E-state index contributed by atoms with van der Waals surface area (Å²) in [6, 6.07) is 0. The minimum Gasteiger partial charge on any atom is -0.339 e. The Bertz CT molecular complexity index is 956. The average molecular weight is 375 g/mol. The molecule has 4 rings (SSSR count). The molecule has 1 aliphatic rings. The average Bonchev–Trinajstić information content (AvgIpc) is 3.35. The second-order valence-electron chi connectivity index (χ2n) is 6.09. The van der Waals surface area contributed by atoms with E-state index in [9.17, 15) is 8.42 Å². The van der Waals surface area contributed by atoms with Gasteiger partial charge in [-0.3, -0.25) is 4.98 Å². The molecule has 0 amide bonds. The summed E-state index contributed by atoms with van der Waals surface area (Å²) in [4.78, 5) is 18.9. The Morgan fingerprint density at radius 1 is 1.27 bits per heavy atom. The SMILES string of the molecule is O=S(=O)(c1cnc[nH]1)N1CCCC(Cc2nc(-c3cnccn3)no2)C1. The molecule has 0 aromatic carbocycles. The van der Waals surface area contributed by atoms with E-state index in [1.54, 1.807) is 18.6 Å². The van der Waals surface area contributed by atoms with Crippen molar-refractivity contribution in [1.29, 1.82) is 0 Å². The van der Waals surface area contributed by atoms with Gasteiger partial charge in [-0.25, -0.2) is 18.4 Å². The third kappa shape index (κ3) is 3.35. The van der Waals surface area contributed by atoms with E-state index in [0.717, 1.165) is 12.8 Å². The molecule has 3 aromatic rings. The zero-order valence-corrected chi connectivity index (χ0v) is 14.6. The molecule has 0 saturated carbocycles. The Labute approximate surface area is 149 Å². The molecule has 1 unspecified atom stereocenters. The van der Waals surface area contributed by atoms with Crippen molar-refractivity contribution in [2.24, 2.45) is 5.92 Å². The lowest BCUT2D eigenvalue weighted by Gasteiger charge is -2.30. The van der Waals surface area contributed by atoms with Crippen molar-refractivity contribution in [2.75, 3.05) is 13.1 Å². The maximum Gasteiger partial charge on any atom is 0.260 e. The summed E-state index contributed by atoms with van der Waals surface area (Å²) < 4.78 is 32.0. The van der Waals surface area contributed by atoms with Crippen LogP contribution >= 0.6 is 0 Å². The molecule has 26 heavy (non-hydrogen) atoms. The normalized spacial score (nSPS) is 18.8. The van der Waals surface area contributed by atoms with Gasteiger partial charge in [-0.15, -0.1) is 0 Å². The standard InChI is InChI=1S/C15H17N7O3S/c23-26(24,14-8-17-10-19-14)22-5-1-2-11(9-22)6-13-20-15(21-25-13)12-7-16-3-4-18-12/h3-4,7-8,10-11H,1-2,5-6,9H2,(H,17,19). The molecule has 0 aliphatic carbocycles. The van der Waals surface area contributed by atoms with Crippen molar-refractivity contribution in [3.63, 3.8) is 0 Å². The highest BCUT2D eigenvalue weighted by Crippen LogP contribution is 2.25. The van der Waals surface area contributed by atoms with E-state index in [1.165, 1.54) is 16.8 Å². The molecule has 0 bridgehead atoms. The van der Waals surface area contributed by atoms with Crippen molar-refractivity contribution in [3.05, 3.63) is 37.0 Å². The number of nitrogens with one attached hydrogen (secondary N) is 1. The molecule has 136 valence electrons. The summed E-state index contributed by atoms with van der Waals surface area (Å²) in [5.41, 5.74) is 0.537. The summed E-state index contributed by atoms with van der Waals surface area (Å²) >= 11 is 0. The van der Waals surface area contributed by atoms with Gasteiger partial charge in [-0.05, 0) is 18.8 Å². The highest BCUT2D eigenvalue weighted by molar-refractivity contribution is 7.89. The van der Waals surface area contributed by atoms with Gasteiger partial charge in [0, 0.05) is 31.9 Å². The van der Waals surface area contributed by atoms with Crippen LogP contribution in [-0.2, 0) is 16.4 Å². The fourth-order valence-corrected chi connectivity index (χ4v) is 4.49. The Morgan fingerprint density at radius 3 is 2.96 bits per heavy atom. The second kappa shape index (κ2) is 6.92. The van der Waals surface area contributed by atoms with Crippen LogP contribution in [0.2, 0.25) is 0 Å². The third-order valence-corrected chi connectivity index (χ3v) is 6.09. The molecular weight excluding hydrogens is 358 g/mol. The van der Waals surface area contributed by atoms with Gasteiger partial charge in [0.15, 0.2) is 5.03 Å². The van der Waals surface area contributed by atoms with Gasteiger partial charge >= 0.3 is 0 Å². The fourth-order valence-electron chi connectivity index (χ4n) is 3.04. The van der Waals surface area contributed by atoms with Gasteiger partial charge in [0.05, 0.1) is 18.7 Å². The zero-order valence-electron chi connectivity index (χ0n) is 13.8. The van der Waals surface area contributed by atoms with Crippen LogP contribution in [0, 0.1) is 5.92 Å². The number of H-pyrrole nitrogens is 1. The molecule has 1 aliphatic heterocycles. The molecule has 0 spiro atoms. The minimum atomic E-state index is -3.55. The van der Waals surface area contributed by atoms with E-state index in [1.807, 2.05) is 0 Å². The maximum absolute atomic E-state index is 12.6. The van der Waals surface area contributed by atoms with Crippen LogP contribution in [0.5, 0.6) is 0 Å². The molecule has 1 atom stereocenters. The highest BCUT2D eigenvalue weighted by atomic mass is 32.2. The summed E-state index contributed by atoms with van der Waals surface area (Å²) in [6.07, 6.45) is 9.58. The molecule has 0 radical (unpaired) electrons. The van der Waals surface area contributed by atoms with E-state index in [0.29, 0.717) is 36.9 Å². The third-order valence-electron chi connectivity index (χ3n) is 4.30. The maximum atomic E-state index is 12.6. The topological polar surface area (TPSA) is 131 Å². The number of sulfonamides is 1. The lowest BCUT2D eigenvalue weighted by molar-refractivity contribution is 0.246. The highest BCUT2D eigenvalue weighted by Gasteiger charge is 2.32. The van der Waals surface area contributed by atoms with Crippen molar-refractivity contribution in [2.45, 2.75) is 24.3 Å². The number of aromatic nitrogens is 6. The lowest BCUT2D eigenvalue weighted by atomic mass is 9.96. The first-order valence-electron chi connectivity index (χ1n) is 8.20. The molecule has 1 N–H and O–H groups in total. The van der Waals surface area contributed by atoms with Crippen molar-refractivity contribution in [3.8, 4) is 11.5 Å². The minimum absolute atomic E-state index is 0.108. The van der Waals surface area contributed by atoms with Gasteiger partial charge in [0.1, 0.15) is 5.69 Å². The van der Waals surface area contributed by atoms with Gasteiger partial charge in [-0.2, -0.15) is 9.29 Å². The van der Waals surface area contributed by atoms with Crippen LogP contribution < -0.4 is 0 Å². The number of imidazole rings is 1. The first kappa shape index (κ1) is 16.8. The van der Waals surface area contributed by atoms with Crippen LogP contribution in [0.3, 0.4) is 0 Å². The molecular formula is C15H17N7O3S. The van der Waals surface area contributed by atoms with Crippen LogP contribution in [0.1, 0.15) is 18.7 Å². The molecule has 3 aromatic heterocycles. The van der Waals surface area contributed by atoms with Gasteiger partial charge in [-0.1, -0.05) is 5.16 Å². The first-order valence-corrected chi connectivity index (χ1v) is 9.64. The Hall–Kier alpha value is -2.66. The Balaban J connectivity index is 1.45. The number of piperidine rings is 1. The lowest BCUT2D eigenvalue weighted by Crippen LogP contribution is -2.40. The van der Waals surface area contributed by atoms with E-state index >= 15 is 0 Å². The van der Waals surface area contributed by atoms with Crippen molar-refractivity contribution >= 4 is 10.0 Å². The number of hydrogen-bond donors (Lipinski definition) is 1. The Morgan fingerprint density at radius 2 is 2.19 bits per heavy atom. The number of rotatable bonds is 5. The van der Waals surface area contributed by atoms with Crippen LogP contribution in [0.15, 0.2) is 40.7 Å². The van der Waals surface area contributed by atoms with Gasteiger partial charge in [0.2, 0.25) is 11.7 Å². The van der Waals surface area contributed by atoms with Crippen LogP contribution in [0.25, 0.3) is 11.5 Å². The predicted molar refractivity (Wildman–Crippen MR) is 89.1 cm³/mol. The fraction of sp³-hybridized carbons (Fsp3) is 0.400. The van der Waals surface area contributed by atoms with E-state index in [4.69, 9.17) is 4.52 Å². The molecule has 11 heteroatoms. The predicted octanol–water partition coefficient (Wildman–Crippen LogP) is 0.893. The molecule has 10 nitrogen and oxygen atoms in total. The number of aromatic amines is 1. The van der Waals surface area contributed by atoms with Crippen LogP contribution in [0.4, 0.5) is 0 Å². The Kier molecular flexibility index (Phi) is 4.47. The smallest absolute Gasteiger partial charge is 0.260 e. The number of hydrogen-bond acceptors (Lipinski definition) is 8. The van der Waals surface area contributed by atoms with E-state index in [2.05, 4.69) is 30.1 Å². The quantitative estimate of drug-likeness (QED) is 0.696. The number of nitrogens with zero attached hydrogens (tertiary/aromatic N) is 6. The summed E-state index contributed by atoms with van der Waals surface area (Å²) in [5, 5.41) is 4.04. The van der Waals surface area contributed by atoms with Crippen molar-refractivity contribution < 1.29 is 12.9 Å². The van der Waals surface area contributed by atoms with E-state index < -0.39 is 10.0 Å². The largest absolute Gasteiger partial charge is 0.339 e. The molecule has 1 fully saturated rings. The summed E-state index contributed by atoms with van der Waals surface area (Å²) in [6.45, 7) is 0.900. The van der Waals surface area contributed by atoms with Gasteiger partial charge < -0.3 is 9.51 Å². The summed E-state index contributed by atoms with van der Waals surface area (Å²) in [5.74, 6) is 0.957. The van der Waals surface area contributed by atoms with Crippen molar-refractivity contribution in [1.82, 2.24) is 34.4 Å². The zero-order chi connectivity index (χ0) is 18.0. The molecule has 1 saturated heterocycles. The molecule has 4 heterocycles. The summed E-state index contributed by atoms with van der Waals surface area (Å²) in [7, 11) is -3.55. The monoisotopic (exact) mass is 375 g/mol. The first-order chi connectivity index (χ1) is 12.6. The second-order valence-corrected chi connectivity index (χ2v) is 8.00.